The molecule has 20 heavy (non-hydrogen) atoms. The van der Waals surface area contributed by atoms with E-state index in [4.69, 9.17) is 4.42 Å². The fourth-order valence-corrected chi connectivity index (χ4v) is 2.42. The van der Waals surface area contributed by atoms with Crippen LogP contribution in [-0.4, -0.2) is 10.9 Å². The summed E-state index contributed by atoms with van der Waals surface area (Å²) in [6.45, 7) is 0.486. The van der Waals surface area contributed by atoms with Crippen LogP contribution in [-0.2, 0) is 6.54 Å². The van der Waals surface area contributed by atoms with E-state index in [0.717, 1.165) is 10.4 Å². The van der Waals surface area contributed by atoms with Gasteiger partial charge in [0.25, 0.3) is 5.89 Å². The minimum Gasteiger partial charge on any atom is -0.432 e. The minimum atomic E-state index is -0.305. The summed E-state index contributed by atoms with van der Waals surface area (Å²) in [7, 11) is 0. The number of nitrogens with zero attached hydrogens (tertiary/aromatic N) is 1. The van der Waals surface area contributed by atoms with Crippen LogP contribution < -0.4 is 5.32 Å². The number of carbonyl (C=O) groups is 1. The maximum Gasteiger partial charge on any atom is 0.307 e. The van der Waals surface area contributed by atoms with Crippen LogP contribution >= 0.6 is 11.3 Å². The van der Waals surface area contributed by atoms with Crippen molar-refractivity contribution in [1.82, 2.24) is 10.3 Å². The number of oxazole rings is 1. The second-order valence-electron chi connectivity index (χ2n) is 4.16. The normalized spacial score (nSPS) is 10.4. The Morgan fingerprint density at radius 3 is 2.80 bits per heavy atom. The molecule has 100 valence electrons. The Labute approximate surface area is 120 Å². The van der Waals surface area contributed by atoms with Crippen LogP contribution in [0, 0.1) is 0 Å². The zero-order valence-electron chi connectivity index (χ0n) is 10.6. The molecule has 0 saturated carbocycles. The number of nitrogens with one attached hydrogen (secondary N) is 1. The molecule has 0 atom stereocenters. The van der Waals surface area contributed by atoms with Crippen molar-refractivity contribution in [3.8, 4) is 11.3 Å². The first kappa shape index (κ1) is 12.6. The van der Waals surface area contributed by atoms with Gasteiger partial charge < -0.3 is 9.73 Å². The van der Waals surface area contributed by atoms with Crippen molar-refractivity contribution in [1.29, 1.82) is 0 Å². The average Bonchev–Trinajstić information content (AvgIpc) is 3.17. The molecular weight excluding hydrogens is 272 g/mol. The molecule has 2 aromatic heterocycles. The van der Waals surface area contributed by atoms with Crippen LogP contribution in [0.3, 0.4) is 0 Å². The number of carbonyl (C=O) groups excluding carboxylic acids is 1. The Balaban J connectivity index is 1.69. The summed E-state index contributed by atoms with van der Waals surface area (Å²) in [5.41, 5.74) is 0.900. The largest absolute Gasteiger partial charge is 0.432 e. The highest BCUT2D eigenvalue weighted by molar-refractivity contribution is 7.09. The summed E-state index contributed by atoms with van der Waals surface area (Å²) in [5, 5.41) is 4.75. The lowest BCUT2D eigenvalue weighted by atomic mass is 10.2. The van der Waals surface area contributed by atoms with Crippen LogP contribution in [0.1, 0.15) is 15.6 Å². The lowest BCUT2D eigenvalue weighted by molar-refractivity contribution is 0.0917. The van der Waals surface area contributed by atoms with Gasteiger partial charge in [-0.25, -0.2) is 4.98 Å². The number of amides is 1. The van der Waals surface area contributed by atoms with Gasteiger partial charge in [-0.3, -0.25) is 4.79 Å². The maximum absolute atomic E-state index is 11.9. The quantitative estimate of drug-likeness (QED) is 0.799. The highest BCUT2D eigenvalue weighted by Gasteiger charge is 2.13. The molecule has 2 heterocycles. The van der Waals surface area contributed by atoms with Gasteiger partial charge in [-0.2, -0.15) is 0 Å². The Morgan fingerprint density at radius 1 is 1.20 bits per heavy atom. The standard InChI is InChI=1S/C15H12N2O2S/c18-14(16-9-12-7-4-8-20-12)15-17-10-13(19-15)11-5-2-1-3-6-11/h1-8,10H,9H2,(H,16,18). The van der Waals surface area contributed by atoms with Gasteiger partial charge in [-0.05, 0) is 11.4 Å². The van der Waals surface area contributed by atoms with E-state index in [-0.39, 0.29) is 11.8 Å². The average molecular weight is 284 g/mol. The van der Waals surface area contributed by atoms with Crippen LogP contribution in [0.15, 0.2) is 58.5 Å². The van der Waals surface area contributed by atoms with Crippen molar-refractivity contribution < 1.29 is 9.21 Å². The molecule has 0 radical (unpaired) electrons. The molecule has 1 amide bonds. The lowest BCUT2D eigenvalue weighted by Crippen LogP contribution is -2.22. The van der Waals surface area contributed by atoms with E-state index >= 15 is 0 Å². The fourth-order valence-electron chi connectivity index (χ4n) is 1.77. The van der Waals surface area contributed by atoms with Crippen molar-refractivity contribution in [2.45, 2.75) is 6.54 Å². The van der Waals surface area contributed by atoms with Gasteiger partial charge in [-0.1, -0.05) is 36.4 Å². The highest BCUT2D eigenvalue weighted by atomic mass is 32.1. The van der Waals surface area contributed by atoms with E-state index in [1.807, 2.05) is 47.8 Å². The smallest absolute Gasteiger partial charge is 0.307 e. The van der Waals surface area contributed by atoms with E-state index in [2.05, 4.69) is 10.3 Å². The van der Waals surface area contributed by atoms with Gasteiger partial charge in [0, 0.05) is 10.4 Å². The predicted octanol–water partition coefficient (Wildman–Crippen LogP) is 3.33. The van der Waals surface area contributed by atoms with Crippen molar-refractivity contribution in [3.63, 3.8) is 0 Å². The monoisotopic (exact) mass is 284 g/mol. The summed E-state index contributed by atoms with van der Waals surface area (Å²) >= 11 is 1.60. The van der Waals surface area contributed by atoms with Crippen LogP contribution in [0.25, 0.3) is 11.3 Å². The molecule has 1 N–H and O–H groups in total. The van der Waals surface area contributed by atoms with Crippen molar-refractivity contribution in [2.75, 3.05) is 0 Å². The van der Waals surface area contributed by atoms with E-state index < -0.39 is 0 Å². The topological polar surface area (TPSA) is 55.1 Å². The molecule has 0 spiro atoms. The first-order valence-electron chi connectivity index (χ1n) is 6.15. The first-order valence-corrected chi connectivity index (χ1v) is 7.03. The third kappa shape index (κ3) is 2.78. The molecule has 0 bridgehead atoms. The maximum atomic E-state index is 11.9. The zero-order valence-corrected chi connectivity index (χ0v) is 11.4. The molecule has 0 fully saturated rings. The first-order chi connectivity index (χ1) is 9.83. The number of thiophene rings is 1. The van der Waals surface area contributed by atoms with Crippen molar-refractivity contribution in [3.05, 3.63) is 64.8 Å². The number of rotatable bonds is 4. The molecule has 0 unspecified atom stereocenters. The molecule has 4 nitrogen and oxygen atoms in total. The van der Waals surface area contributed by atoms with E-state index in [0.29, 0.717) is 12.3 Å². The van der Waals surface area contributed by atoms with Crippen LogP contribution in [0.5, 0.6) is 0 Å². The Kier molecular flexibility index (Phi) is 3.60. The molecule has 0 aliphatic carbocycles. The third-order valence-electron chi connectivity index (χ3n) is 2.76. The van der Waals surface area contributed by atoms with Gasteiger partial charge in [0.2, 0.25) is 0 Å². The lowest BCUT2D eigenvalue weighted by Gasteiger charge is -1.99. The molecule has 1 aromatic carbocycles. The Bertz CT molecular complexity index is 690. The second kappa shape index (κ2) is 5.71. The summed E-state index contributed by atoms with van der Waals surface area (Å²) in [5.74, 6) is 0.368. The molecule has 5 heteroatoms. The van der Waals surface area contributed by atoms with E-state index in [1.165, 1.54) is 0 Å². The second-order valence-corrected chi connectivity index (χ2v) is 5.19. The van der Waals surface area contributed by atoms with E-state index in [9.17, 15) is 4.79 Å². The van der Waals surface area contributed by atoms with Crippen LogP contribution in [0.2, 0.25) is 0 Å². The summed E-state index contributed by atoms with van der Waals surface area (Å²) in [4.78, 5) is 17.0. The van der Waals surface area contributed by atoms with Gasteiger partial charge in [-0.15, -0.1) is 11.3 Å². The third-order valence-corrected chi connectivity index (χ3v) is 3.64. The number of hydrogen-bond acceptors (Lipinski definition) is 4. The Morgan fingerprint density at radius 2 is 2.05 bits per heavy atom. The van der Waals surface area contributed by atoms with Gasteiger partial charge >= 0.3 is 5.91 Å². The van der Waals surface area contributed by atoms with Gasteiger partial charge in [0.1, 0.15) is 0 Å². The molecular formula is C15H12N2O2S. The molecule has 3 rings (SSSR count). The number of hydrogen-bond donors (Lipinski definition) is 1. The summed E-state index contributed by atoms with van der Waals surface area (Å²) in [6.07, 6.45) is 1.56. The SMILES string of the molecule is O=C(NCc1cccs1)c1ncc(-c2ccccc2)o1. The molecule has 0 saturated heterocycles. The van der Waals surface area contributed by atoms with Crippen LogP contribution in [0.4, 0.5) is 0 Å². The van der Waals surface area contributed by atoms with Gasteiger partial charge in [0.15, 0.2) is 5.76 Å². The van der Waals surface area contributed by atoms with E-state index in [1.54, 1.807) is 17.5 Å². The summed E-state index contributed by atoms with van der Waals surface area (Å²) in [6, 6.07) is 13.5. The fraction of sp³-hybridized carbons (Fsp3) is 0.0667. The van der Waals surface area contributed by atoms with Crippen molar-refractivity contribution in [2.24, 2.45) is 0 Å². The minimum absolute atomic E-state index is 0.0837. The van der Waals surface area contributed by atoms with Crippen molar-refractivity contribution >= 4 is 17.2 Å². The predicted molar refractivity (Wildman–Crippen MR) is 77.4 cm³/mol. The zero-order chi connectivity index (χ0) is 13.8. The molecule has 0 aliphatic rings. The van der Waals surface area contributed by atoms with Gasteiger partial charge in [0.05, 0.1) is 12.7 Å². The summed E-state index contributed by atoms with van der Waals surface area (Å²) < 4.78 is 5.48. The Hall–Kier alpha value is -2.40. The highest BCUT2D eigenvalue weighted by Crippen LogP contribution is 2.19. The molecule has 0 aliphatic heterocycles. The molecule has 3 aromatic rings. The number of aromatic nitrogens is 1. The number of benzene rings is 1.